The molecule has 0 bridgehead atoms. The molecule has 0 amide bonds. The number of aliphatic hydroxyl groups is 1. The molecule has 1 unspecified atom stereocenters. The third kappa shape index (κ3) is 2.96. The third-order valence-corrected chi connectivity index (χ3v) is 3.39. The smallest absolute Gasteiger partial charge is 0.296 e. The number of ether oxygens (including phenoxy) is 1. The first kappa shape index (κ1) is 13.6. The maximum absolute atomic E-state index is 11.2. The number of nitro groups is 1. The van der Waals surface area contributed by atoms with Gasteiger partial charge < -0.3 is 14.7 Å². The van der Waals surface area contributed by atoms with Crippen molar-refractivity contribution in [3.63, 3.8) is 0 Å². The van der Waals surface area contributed by atoms with Crippen LogP contribution in [0.5, 0.6) is 5.75 Å². The first-order valence-corrected chi connectivity index (χ1v) is 6.23. The highest BCUT2D eigenvalue weighted by Crippen LogP contribution is 2.35. The Hall–Kier alpha value is -1.82. The lowest BCUT2D eigenvalue weighted by Gasteiger charge is -2.37. The van der Waals surface area contributed by atoms with Crippen LogP contribution in [0.2, 0.25) is 0 Å². The molecular weight excluding hydrogens is 248 g/mol. The second-order valence-corrected chi connectivity index (χ2v) is 5.13. The Morgan fingerprint density at radius 2 is 2.26 bits per heavy atom. The van der Waals surface area contributed by atoms with Crippen molar-refractivity contribution < 1.29 is 14.8 Å². The van der Waals surface area contributed by atoms with Gasteiger partial charge in [0.1, 0.15) is 11.4 Å². The SMILES string of the molecule is COc1ccc(N2CCCC(C)(O)C2)c([N+](=O)[O-])c1. The molecule has 6 nitrogen and oxygen atoms in total. The van der Waals surface area contributed by atoms with Gasteiger partial charge in [-0.15, -0.1) is 0 Å². The summed E-state index contributed by atoms with van der Waals surface area (Å²) in [4.78, 5) is 12.6. The zero-order valence-electron chi connectivity index (χ0n) is 11.1. The minimum atomic E-state index is -0.800. The number of rotatable bonds is 3. The average molecular weight is 266 g/mol. The molecule has 1 aromatic rings. The first-order valence-electron chi connectivity index (χ1n) is 6.23. The van der Waals surface area contributed by atoms with Gasteiger partial charge in [-0.05, 0) is 31.9 Å². The van der Waals surface area contributed by atoms with Crippen LogP contribution in [0.15, 0.2) is 18.2 Å². The quantitative estimate of drug-likeness (QED) is 0.668. The Morgan fingerprint density at radius 1 is 1.53 bits per heavy atom. The molecule has 6 heteroatoms. The van der Waals surface area contributed by atoms with Crippen LogP contribution in [-0.2, 0) is 0 Å². The number of hydrogen-bond donors (Lipinski definition) is 1. The summed E-state index contributed by atoms with van der Waals surface area (Å²) < 4.78 is 5.02. The van der Waals surface area contributed by atoms with Crippen molar-refractivity contribution in [3.8, 4) is 5.75 Å². The summed E-state index contributed by atoms with van der Waals surface area (Å²) in [5, 5.41) is 21.3. The number of benzene rings is 1. The van der Waals surface area contributed by atoms with Crippen LogP contribution in [0.3, 0.4) is 0 Å². The number of β-amino-alcohol motifs (C(OH)–C–C–N with tert-alkyl or cyclic N) is 1. The number of anilines is 1. The van der Waals surface area contributed by atoms with Gasteiger partial charge >= 0.3 is 0 Å². The topological polar surface area (TPSA) is 75.8 Å². The molecule has 1 fully saturated rings. The molecule has 1 aromatic carbocycles. The van der Waals surface area contributed by atoms with Crippen molar-refractivity contribution in [2.45, 2.75) is 25.4 Å². The number of methoxy groups -OCH3 is 1. The van der Waals surface area contributed by atoms with Crippen LogP contribution in [0, 0.1) is 10.1 Å². The van der Waals surface area contributed by atoms with E-state index in [1.165, 1.54) is 13.2 Å². The number of hydrogen-bond acceptors (Lipinski definition) is 5. The van der Waals surface area contributed by atoms with Crippen LogP contribution in [-0.4, -0.2) is 35.8 Å². The molecule has 0 aliphatic carbocycles. The Balaban J connectivity index is 2.35. The summed E-state index contributed by atoms with van der Waals surface area (Å²) in [6.07, 6.45) is 1.53. The molecule has 1 atom stereocenters. The van der Waals surface area contributed by atoms with E-state index in [4.69, 9.17) is 4.74 Å². The highest BCUT2D eigenvalue weighted by molar-refractivity contribution is 5.66. The molecule has 1 N–H and O–H groups in total. The molecule has 1 heterocycles. The summed E-state index contributed by atoms with van der Waals surface area (Å²) in [6, 6.07) is 4.79. The number of nitrogens with zero attached hydrogens (tertiary/aromatic N) is 2. The molecule has 19 heavy (non-hydrogen) atoms. The van der Waals surface area contributed by atoms with E-state index >= 15 is 0 Å². The van der Waals surface area contributed by atoms with Gasteiger partial charge in [0.2, 0.25) is 0 Å². The van der Waals surface area contributed by atoms with E-state index in [1.807, 2.05) is 4.90 Å². The molecule has 1 saturated heterocycles. The number of nitro benzene ring substituents is 1. The number of piperidine rings is 1. The van der Waals surface area contributed by atoms with Gasteiger partial charge in [0, 0.05) is 13.1 Å². The first-order chi connectivity index (χ1) is 8.93. The summed E-state index contributed by atoms with van der Waals surface area (Å²) >= 11 is 0. The zero-order chi connectivity index (χ0) is 14.0. The van der Waals surface area contributed by atoms with Gasteiger partial charge in [-0.25, -0.2) is 0 Å². The van der Waals surface area contributed by atoms with Crippen LogP contribution in [0.1, 0.15) is 19.8 Å². The molecule has 1 aliphatic rings. The van der Waals surface area contributed by atoms with Crippen molar-refractivity contribution in [1.82, 2.24) is 0 Å². The second-order valence-electron chi connectivity index (χ2n) is 5.13. The lowest BCUT2D eigenvalue weighted by Crippen LogP contribution is -2.46. The second kappa shape index (κ2) is 5.05. The zero-order valence-corrected chi connectivity index (χ0v) is 11.1. The molecule has 0 saturated carbocycles. The van der Waals surface area contributed by atoms with E-state index in [0.717, 1.165) is 6.42 Å². The van der Waals surface area contributed by atoms with Gasteiger partial charge in [-0.1, -0.05) is 0 Å². The Morgan fingerprint density at radius 3 is 2.84 bits per heavy atom. The van der Waals surface area contributed by atoms with E-state index in [0.29, 0.717) is 30.9 Å². The van der Waals surface area contributed by atoms with E-state index in [2.05, 4.69) is 0 Å². The summed E-state index contributed by atoms with van der Waals surface area (Å²) in [5.41, 5.74) is -0.255. The van der Waals surface area contributed by atoms with Crippen LogP contribution in [0.4, 0.5) is 11.4 Å². The van der Waals surface area contributed by atoms with E-state index in [1.54, 1.807) is 19.1 Å². The maximum Gasteiger partial charge on any atom is 0.296 e. The monoisotopic (exact) mass is 266 g/mol. The van der Waals surface area contributed by atoms with Gasteiger partial charge in [0.15, 0.2) is 0 Å². The Labute approximate surface area is 111 Å². The lowest BCUT2D eigenvalue weighted by molar-refractivity contribution is -0.384. The molecule has 0 aromatic heterocycles. The minimum absolute atomic E-state index is 0.0112. The fourth-order valence-corrected chi connectivity index (χ4v) is 2.47. The summed E-state index contributed by atoms with van der Waals surface area (Å²) in [5.74, 6) is 0.458. The normalized spacial score (nSPS) is 23.2. The van der Waals surface area contributed by atoms with Crippen molar-refractivity contribution in [3.05, 3.63) is 28.3 Å². The van der Waals surface area contributed by atoms with Crippen LogP contribution in [0.25, 0.3) is 0 Å². The van der Waals surface area contributed by atoms with Gasteiger partial charge in [0.25, 0.3) is 5.69 Å². The van der Waals surface area contributed by atoms with Crippen molar-refractivity contribution >= 4 is 11.4 Å². The molecule has 2 rings (SSSR count). The van der Waals surface area contributed by atoms with Gasteiger partial charge in [-0.3, -0.25) is 10.1 Å². The molecule has 1 aliphatic heterocycles. The standard InChI is InChI=1S/C13H18N2O4/c1-13(16)6-3-7-14(9-13)11-5-4-10(19-2)8-12(11)15(17)18/h4-5,8,16H,3,6-7,9H2,1-2H3. The predicted octanol–water partition coefficient (Wildman–Crippen LogP) is 1.95. The van der Waals surface area contributed by atoms with E-state index < -0.39 is 10.5 Å². The fraction of sp³-hybridized carbons (Fsp3) is 0.538. The van der Waals surface area contributed by atoms with Crippen LogP contribution < -0.4 is 9.64 Å². The maximum atomic E-state index is 11.2. The van der Waals surface area contributed by atoms with E-state index in [9.17, 15) is 15.2 Å². The Kier molecular flexibility index (Phi) is 3.61. The predicted molar refractivity (Wildman–Crippen MR) is 71.7 cm³/mol. The highest BCUT2D eigenvalue weighted by atomic mass is 16.6. The molecular formula is C13H18N2O4. The average Bonchev–Trinajstić information content (AvgIpc) is 2.36. The van der Waals surface area contributed by atoms with Gasteiger partial charge in [-0.2, -0.15) is 0 Å². The summed E-state index contributed by atoms with van der Waals surface area (Å²) in [6.45, 7) is 2.87. The third-order valence-electron chi connectivity index (χ3n) is 3.39. The largest absolute Gasteiger partial charge is 0.496 e. The lowest BCUT2D eigenvalue weighted by atomic mass is 9.94. The van der Waals surface area contributed by atoms with E-state index in [-0.39, 0.29) is 5.69 Å². The Bertz CT molecular complexity index is 488. The molecule has 0 radical (unpaired) electrons. The molecule has 104 valence electrons. The van der Waals surface area contributed by atoms with Crippen LogP contribution >= 0.6 is 0 Å². The fourth-order valence-electron chi connectivity index (χ4n) is 2.47. The minimum Gasteiger partial charge on any atom is -0.496 e. The van der Waals surface area contributed by atoms with Gasteiger partial charge in [0.05, 0.1) is 23.7 Å². The van der Waals surface area contributed by atoms with Crippen molar-refractivity contribution in [2.24, 2.45) is 0 Å². The van der Waals surface area contributed by atoms with Crippen molar-refractivity contribution in [2.75, 3.05) is 25.1 Å². The highest BCUT2D eigenvalue weighted by Gasteiger charge is 2.31. The van der Waals surface area contributed by atoms with Crippen molar-refractivity contribution in [1.29, 1.82) is 0 Å². The summed E-state index contributed by atoms with van der Waals surface area (Å²) in [7, 11) is 1.48. The molecule has 0 spiro atoms.